The van der Waals surface area contributed by atoms with Crippen LogP contribution in [0, 0.1) is 0 Å². The van der Waals surface area contributed by atoms with Gasteiger partial charge in [-0.15, -0.1) is 11.6 Å². The maximum Gasteiger partial charge on any atom is 0.0494 e. The van der Waals surface area contributed by atoms with Gasteiger partial charge in [0.05, 0.1) is 0 Å². The van der Waals surface area contributed by atoms with E-state index in [9.17, 15) is 0 Å². The van der Waals surface area contributed by atoms with Crippen LogP contribution in [0.25, 0.3) is 0 Å². The van der Waals surface area contributed by atoms with E-state index in [-0.39, 0.29) is 0 Å². The fourth-order valence-electron chi connectivity index (χ4n) is 2.24. The second kappa shape index (κ2) is 7.01. The predicted molar refractivity (Wildman–Crippen MR) is 88.8 cm³/mol. The van der Waals surface area contributed by atoms with Crippen LogP contribution in [0.15, 0.2) is 48.5 Å². The molecule has 0 radical (unpaired) electrons. The zero-order valence-corrected chi connectivity index (χ0v) is 13.3. The number of alkyl halides is 1. The number of nitrogens with zero attached hydrogens (tertiary/aromatic N) is 1. The van der Waals surface area contributed by atoms with Gasteiger partial charge in [0.15, 0.2) is 0 Å². The Balaban J connectivity index is 2.36. The van der Waals surface area contributed by atoms with E-state index in [4.69, 9.17) is 23.2 Å². The number of hydrogen-bond donors (Lipinski definition) is 0. The van der Waals surface area contributed by atoms with Gasteiger partial charge in [0, 0.05) is 29.2 Å². The first-order chi connectivity index (χ1) is 9.61. The van der Waals surface area contributed by atoms with Crippen LogP contribution >= 0.6 is 23.2 Å². The van der Waals surface area contributed by atoms with Crippen molar-refractivity contribution in [1.29, 1.82) is 0 Å². The van der Waals surface area contributed by atoms with Gasteiger partial charge in [0.1, 0.15) is 0 Å². The monoisotopic (exact) mass is 307 g/mol. The highest BCUT2D eigenvalue weighted by molar-refractivity contribution is 6.31. The Morgan fingerprint density at radius 1 is 1.05 bits per heavy atom. The highest BCUT2D eigenvalue weighted by Gasteiger charge is 2.15. The minimum absolute atomic E-state index is 0.371. The van der Waals surface area contributed by atoms with Crippen molar-refractivity contribution >= 4 is 28.9 Å². The van der Waals surface area contributed by atoms with Crippen molar-refractivity contribution in [2.75, 3.05) is 4.90 Å². The van der Waals surface area contributed by atoms with E-state index >= 15 is 0 Å². The van der Waals surface area contributed by atoms with Crippen LogP contribution in [-0.2, 0) is 12.4 Å². The number of rotatable bonds is 5. The average molecular weight is 308 g/mol. The molecule has 0 saturated carbocycles. The second-order valence-electron chi connectivity index (χ2n) is 5.11. The molecule has 0 unspecified atom stereocenters. The minimum Gasteiger partial charge on any atom is -0.364 e. The van der Waals surface area contributed by atoms with Crippen molar-refractivity contribution < 1.29 is 0 Å². The molecule has 0 atom stereocenters. The van der Waals surface area contributed by atoms with Gasteiger partial charge in [-0.2, -0.15) is 0 Å². The lowest BCUT2D eigenvalue weighted by molar-refractivity contribution is 0.680. The van der Waals surface area contributed by atoms with Crippen molar-refractivity contribution in [2.45, 2.75) is 32.3 Å². The summed E-state index contributed by atoms with van der Waals surface area (Å²) < 4.78 is 0. The topological polar surface area (TPSA) is 3.24 Å². The first-order valence-electron chi connectivity index (χ1n) is 6.76. The Hall–Kier alpha value is -1.18. The fourth-order valence-corrected chi connectivity index (χ4v) is 2.64. The van der Waals surface area contributed by atoms with Gasteiger partial charge in [-0.05, 0) is 37.1 Å². The summed E-state index contributed by atoms with van der Waals surface area (Å²) in [6.45, 7) is 5.21. The third-order valence-electron chi connectivity index (χ3n) is 3.32. The molecule has 3 heteroatoms. The molecule has 20 heavy (non-hydrogen) atoms. The van der Waals surface area contributed by atoms with E-state index < -0.39 is 0 Å². The molecule has 0 aliphatic carbocycles. The molecule has 1 nitrogen and oxygen atoms in total. The molecule has 0 amide bonds. The first-order valence-corrected chi connectivity index (χ1v) is 7.68. The number of halogens is 2. The lowest BCUT2D eigenvalue weighted by Gasteiger charge is -2.31. The number of benzene rings is 2. The Labute approximate surface area is 131 Å². The van der Waals surface area contributed by atoms with E-state index in [0.717, 1.165) is 22.8 Å². The Morgan fingerprint density at radius 2 is 1.75 bits per heavy atom. The predicted octanol–water partition coefficient (Wildman–Crippen LogP) is 5.49. The average Bonchev–Trinajstić information content (AvgIpc) is 2.45. The Morgan fingerprint density at radius 3 is 2.35 bits per heavy atom. The molecule has 0 saturated heterocycles. The lowest BCUT2D eigenvalue weighted by Crippen LogP contribution is -2.30. The normalized spacial score (nSPS) is 10.8. The standard InChI is InChI=1S/C17H19Cl2N/c1-13(2)20(12-14-6-4-3-5-7-14)17-10-16(19)9-8-15(17)11-18/h3-10,13H,11-12H2,1-2H3. The smallest absolute Gasteiger partial charge is 0.0494 e. The van der Waals surface area contributed by atoms with Crippen molar-refractivity contribution in [3.05, 3.63) is 64.7 Å². The molecule has 0 bridgehead atoms. The molecular formula is C17H19Cl2N. The number of hydrogen-bond acceptors (Lipinski definition) is 1. The van der Waals surface area contributed by atoms with E-state index in [1.165, 1.54) is 5.56 Å². The van der Waals surface area contributed by atoms with E-state index in [0.29, 0.717) is 11.9 Å². The van der Waals surface area contributed by atoms with Crippen molar-refractivity contribution in [3.63, 3.8) is 0 Å². The van der Waals surface area contributed by atoms with Crippen LogP contribution < -0.4 is 4.90 Å². The second-order valence-corrected chi connectivity index (χ2v) is 5.82. The molecule has 2 aromatic rings. The van der Waals surface area contributed by atoms with E-state index in [1.807, 2.05) is 24.3 Å². The summed E-state index contributed by atoms with van der Waals surface area (Å²) in [6, 6.07) is 16.7. The van der Waals surface area contributed by atoms with Crippen LogP contribution in [0.2, 0.25) is 5.02 Å². The van der Waals surface area contributed by atoms with E-state index in [2.05, 4.69) is 43.0 Å². The van der Waals surface area contributed by atoms with Gasteiger partial charge in [-0.25, -0.2) is 0 Å². The summed E-state index contributed by atoms with van der Waals surface area (Å²) in [5.74, 6) is 0.491. The molecule has 0 aliphatic rings. The van der Waals surface area contributed by atoms with Crippen LogP contribution in [0.3, 0.4) is 0 Å². The van der Waals surface area contributed by atoms with Crippen LogP contribution in [0.4, 0.5) is 5.69 Å². The molecule has 106 valence electrons. The zero-order valence-electron chi connectivity index (χ0n) is 11.8. The summed E-state index contributed by atoms with van der Waals surface area (Å²) in [4.78, 5) is 2.33. The number of anilines is 1. The van der Waals surface area contributed by atoms with Crippen LogP contribution in [-0.4, -0.2) is 6.04 Å². The molecular weight excluding hydrogens is 289 g/mol. The minimum atomic E-state index is 0.371. The molecule has 2 rings (SSSR count). The molecule has 0 N–H and O–H groups in total. The third-order valence-corrected chi connectivity index (χ3v) is 3.84. The SMILES string of the molecule is CC(C)N(Cc1ccccc1)c1cc(Cl)ccc1CCl. The molecule has 0 fully saturated rings. The first kappa shape index (κ1) is 15.2. The zero-order chi connectivity index (χ0) is 14.5. The maximum absolute atomic E-state index is 6.16. The highest BCUT2D eigenvalue weighted by Crippen LogP contribution is 2.29. The van der Waals surface area contributed by atoms with Crippen LogP contribution in [0.5, 0.6) is 0 Å². The highest BCUT2D eigenvalue weighted by atomic mass is 35.5. The van der Waals surface area contributed by atoms with Gasteiger partial charge in [0.25, 0.3) is 0 Å². The van der Waals surface area contributed by atoms with Crippen LogP contribution in [0.1, 0.15) is 25.0 Å². The summed E-state index contributed by atoms with van der Waals surface area (Å²) in [5, 5.41) is 0.743. The maximum atomic E-state index is 6.16. The Bertz CT molecular complexity index is 552. The summed E-state index contributed by atoms with van der Waals surface area (Å²) in [7, 11) is 0. The molecule has 0 heterocycles. The van der Waals surface area contributed by atoms with Crippen molar-refractivity contribution in [2.24, 2.45) is 0 Å². The quantitative estimate of drug-likeness (QED) is 0.660. The van der Waals surface area contributed by atoms with Gasteiger partial charge in [-0.3, -0.25) is 0 Å². The van der Waals surface area contributed by atoms with E-state index in [1.54, 1.807) is 0 Å². The van der Waals surface area contributed by atoms with Gasteiger partial charge in [-0.1, -0.05) is 48.0 Å². The third kappa shape index (κ3) is 3.68. The molecule has 0 spiro atoms. The summed E-state index contributed by atoms with van der Waals surface area (Å²) in [5.41, 5.74) is 3.51. The lowest BCUT2D eigenvalue weighted by atomic mass is 10.1. The van der Waals surface area contributed by atoms with Gasteiger partial charge < -0.3 is 4.90 Å². The Kier molecular flexibility index (Phi) is 5.33. The molecule has 0 aromatic heterocycles. The molecule has 0 aliphatic heterocycles. The fraction of sp³-hybridized carbons (Fsp3) is 0.294. The summed E-state index contributed by atoms with van der Waals surface area (Å²) in [6.07, 6.45) is 0. The van der Waals surface area contributed by atoms with Gasteiger partial charge >= 0.3 is 0 Å². The summed E-state index contributed by atoms with van der Waals surface area (Å²) >= 11 is 12.2. The van der Waals surface area contributed by atoms with Crippen molar-refractivity contribution in [3.8, 4) is 0 Å². The van der Waals surface area contributed by atoms with Gasteiger partial charge in [0.2, 0.25) is 0 Å². The van der Waals surface area contributed by atoms with Crippen molar-refractivity contribution in [1.82, 2.24) is 0 Å². The molecule has 2 aromatic carbocycles. The largest absolute Gasteiger partial charge is 0.364 e.